The van der Waals surface area contributed by atoms with Gasteiger partial charge in [-0.1, -0.05) is 20.8 Å². The molecule has 2 nitrogen and oxygen atoms in total. The summed E-state index contributed by atoms with van der Waals surface area (Å²) in [4.78, 5) is 0. The molecule has 0 radical (unpaired) electrons. The molecule has 0 spiro atoms. The predicted octanol–water partition coefficient (Wildman–Crippen LogP) is 3.78. The van der Waals surface area contributed by atoms with Crippen molar-refractivity contribution >= 4 is 15.9 Å². The molecule has 15 heavy (non-hydrogen) atoms. The van der Waals surface area contributed by atoms with Gasteiger partial charge in [-0.15, -0.1) is 0 Å². The molecular formula is C12H20BrNO. The van der Waals surface area contributed by atoms with Crippen LogP contribution in [-0.4, -0.2) is 13.1 Å². The summed E-state index contributed by atoms with van der Waals surface area (Å²) in [6.45, 7) is 8.78. The van der Waals surface area contributed by atoms with E-state index in [1.165, 1.54) is 6.42 Å². The van der Waals surface area contributed by atoms with Crippen LogP contribution in [0.1, 0.15) is 38.9 Å². The van der Waals surface area contributed by atoms with E-state index in [9.17, 15) is 0 Å². The molecule has 3 heteroatoms. The van der Waals surface area contributed by atoms with E-state index in [0.29, 0.717) is 11.8 Å². The minimum Gasteiger partial charge on any atom is -0.468 e. The Kier molecular flexibility index (Phi) is 5.40. The van der Waals surface area contributed by atoms with Gasteiger partial charge in [-0.3, -0.25) is 0 Å². The van der Waals surface area contributed by atoms with Crippen molar-refractivity contribution in [2.24, 2.45) is 5.92 Å². The Bertz CT molecular complexity index is 285. The van der Waals surface area contributed by atoms with Crippen LogP contribution in [0.3, 0.4) is 0 Å². The van der Waals surface area contributed by atoms with Gasteiger partial charge in [0.2, 0.25) is 0 Å². The molecule has 1 N–H and O–H groups in total. The molecule has 2 unspecified atom stereocenters. The largest absolute Gasteiger partial charge is 0.468 e. The third kappa shape index (κ3) is 3.65. The standard InChI is InChI=1S/C12H20BrNO/c1-4-6-14-8-9(2)10(3)12-11(13)5-7-15-12/h5,7,9-10,14H,4,6,8H2,1-3H3. The van der Waals surface area contributed by atoms with Crippen LogP contribution in [0, 0.1) is 5.92 Å². The molecule has 0 amide bonds. The molecule has 2 atom stereocenters. The molecule has 0 fully saturated rings. The van der Waals surface area contributed by atoms with Crippen LogP contribution in [0.5, 0.6) is 0 Å². The molecule has 86 valence electrons. The van der Waals surface area contributed by atoms with Gasteiger partial charge in [-0.05, 0) is 47.4 Å². The second-order valence-electron chi connectivity index (χ2n) is 4.10. The summed E-state index contributed by atoms with van der Waals surface area (Å²) < 4.78 is 6.56. The highest BCUT2D eigenvalue weighted by Crippen LogP contribution is 2.30. The highest BCUT2D eigenvalue weighted by Gasteiger charge is 2.19. The van der Waals surface area contributed by atoms with Crippen molar-refractivity contribution in [1.29, 1.82) is 0 Å². The lowest BCUT2D eigenvalue weighted by atomic mass is 9.93. The lowest BCUT2D eigenvalue weighted by Gasteiger charge is -2.18. The van der Waals surface area contributed by atoms with Gasteiger partial charge in [0, 0.05) is 5.92 Å². The lowest BCUT2D eigenvalue weighted by molar-refractivity contribution is 0.379. The molecule has 0 bridgehead atoms. The first kappa shape index (κ1) is 12.8. The van der Waals surface area contributed by atoms with Gasteiger partial charge in [0.25, 0.3) is 0 Å². The molecule has 1 heterocycles. The number of rotatable bonds is 6. The Labute approximate surface area is 101 Å². The molecule has 0 aliphatic rings. The Balaban J connectivity index is 2.46. The zero-order valence-electron chi connectivity index (χ0n) is 9.72. The fraction of sp³-hybridized carbons (Fsp3) is 0.667. The van der Waals surface area contributed by atoms with Crippen LogP contribution in [0.2, 0.25) is 0 Å². The van der Waals surface area contributed by atoms with Gasteiger partial charge in [0.05, 0.1) is 10.7 Å². The Hall–Kier alpha value is -0.280. The van der Waals surface area contributed by atoms with Crippen LogP contribution in [0.15, 0.2) is 21.2 Å². The monoisotopic (exact) mass is 273 g/mol. The van der Waals surface area contributed by atoms with Crippen LogP contribution in [0.4, 0.5) is 0 Å². The number of furan rings is 1. The number of halogens is 1. The fourth-order valence-corrected chi connectivity index (χ4v) is 2.13. The van der Waals surface area contributed by atoms with E-state index >= 15 is 0 Å². The molecule has 0 saturated carbocycles. The van der Waals surface area contributed by atoms with E-state index in [2.05, 4.69) is 42.0 Å². The van der Waals surface area contributed by atoms with E-state index in [1.54, 1.807) is 6.26 Å². The van der Waals surface area contributed by atoms with Gasteiger partial charge in [0.1, 0.15) is 5.76 Å². The van der Waals surface area contributed by atoms with Gasteiger partial charge in [-0.25, -0.2) is 0 Å². The van der Waals surface area contributed by atoms with Gasteiger partial charge in [0.15, 0.2) is 0 Å². The third-order valence-corrected chi connectivity index (χ3v) is 3.46. The van der Waals surface area contributed by atoms with Crippen molar-refractivity contribution in [3.63, 3.8) is 0 Å². The van der Waals surface area contributed by atoms with E-state index < -0.39 is 0 Å². The summed E-state index contributed by atoms with van der Waals surface area (Å²) in [7, 11) is 0. The minimum atomic E-state index is 0.443. The summed E-state index contributed by atoms with van der Waals surface area (Å²) in [6, 6.07) is 1.96. The van der Waals surface area contributed by atoms with Crippen molar-refractivity contribution in [3.8, 4) is 0 Å². The molecule has 1 rings (SSSR count). The van der Waals surface area contributed by atoms with E-state index in [0.717, 1.165) is 23.3 Å². The minimum absolute atomic E-state index is 0.443. The summed E-state index contributed by atoms with van der Waals surface area (Å²) in [6.07, 6.45) is 2.92. The number of hydrogen-bond acceptors (Lipinski definition) is 2. The van der Waals surface area contributed by atoms with Crippen LogP contribution in [0.25, 0.3) is 0 Å². The second kappa shape index (κ2) is 6.33. The van der Waals surface area contributed by atoms with Crippen molar-refractivity contribution in [2.45, 2.75) is 33.1 Å². The first-order chi connectivity index (χ1) is 7.16. The first-order valence-electron chi connectivity index (χ1n) is 5.60. The molecule has 0 saturated heterocycles. The summed E-state index contributed by atoms with van der Waals surface area (Å²) in [5.41, 5.74) is 0. The van der Waals surface area contributed by atoms with Gasteiger partial charge >= 0.3 is 0 Å². The molecular weight excluding hydrogens is 254 g/mol. The van der Waals surface area contributed by atoms with Crippen molar-refractivity contribution in [1.82, 2.24) is 5.32 Å². The number of nitrogens with one attached hydrogen (secondary N) is 1. The smallest absolute Gasteiger partial charge is 0.121 e. The lowest BCUT2D eigenvalue weighted by Crippen LogP contribution is -2.24. The fourth-order valence-electron chi connectivity index (χ4n) is 1.57. The van der Waals surface area contributed by atoms with E-state index in [4.69, 9.17) is 4.42 Å². The predicted molar refractivity (Wildman–Crippen MR) is 67.1 cm³/mol. The van der Waals surface area contributed by atoms with Crippen LogP contribution >= 0.6 is 15.9 Å². The molecule has 0 aliphatic heterocycles. The van der Waals surface area contributed by atoms with E-state index in [1.807, 2.05) is 6.07 Å². The quantitative estimate of drug-likeness (QED) is 0.798. The highest BCUT2D eigenvalue weighted by atomic mass is 79.9. The Morgan fingerprint density at radius 2 is 2.20 bits per heavy atom. The molecule has 0 aliphatic carbocycles. The zero-order valence-corrected chi connectivity index (χ0v) is 11.3. The Morgan fingerprint density at radius 1 is 1.47 bits per heavy atom. The Morgan fingerprint density at radius 3 is 2.73 bits per heavy atom. The average molecular weight is 274 g/mol. The van der Waals surface area contributed by atoms with Crippen molar-refractivity contribution in [3.05, 3.63) is 22.6 Å². The topological polar surface area (TPSA) is 25.2 Å². The summed E-state index contributed by atoms with van der Waals surface area (Å²) in [5, 5.41) is 3.44. The number of hydrogen-bond donors (Lipinski definition) is 1. The maximum Gasteiger partial charge on any atom is 0.121 e. The SMILES string of the molecule is CCCNCC(C)C(C)c1occc1Br. The molecule has 1 aromatic rings. The van der Waals surface area contributed by atoms with Gasteiger partial charge < -0.3 is 9.73 Å². The summed E-state index contributed by atoms with van der Waals surface area (Å²) in [5.74, 6) is 2.08. The van der Waals surface area contributed by atoms with Crippen LogP contribution < -0.4 is 5.32 Å². The van der Waals surface area contributed by atoms with Crippen LogP contribution in [-0.2, 0) is 0 Å². The average Bonchev–Trinajstić information content (AvgIpc) is 2.63. The molecule has 1 aromatic heterocycles. The first-order valence-corrected chi connectivity index (χ1v) is 6.39. The van der Waals surface area contributed by atoms with Crippen molar-refractivity contribution < 1.29 is 4.42 Å². The maximum absolute atomic E-state index is 5.48. The zero-order chi connectivity index (χ0) is 11.3. The second-order valence-corrected chi connectivity index (χ2v) is 4.96. The third-order valence-electron chi connectivity index (χ3n) is 2.80. The summed E-state index contributed by atoms with van der Waals surface area (Å²) >= 11 is 3.50. The molecule has 0 aromatic carbocycles. The normalized spacial score (nSPS) is 15.2. The van der Waals surface area contributed by atoms with E-state index in [-0.39, 0.29) is 0 Å². The van der Waals surface area contributed by atoms with Crippen molar-refractivity contribution in [2.75, 3.05) is 13.1 Å². The highest BCUT2D eigenvalue weighted by molar-refractivity contribution is 9.10. The van der Waals surface area contributed by atoms with Gasteiger partial charge in [-0.2, -0.15) is 0 Å². The maximum atomic E-state index is 5.48.